The maximum atomic E-state index is 13.4. The fourth-order valence-corrected chi connectivity index (χ4v) is 7.79. The lowest BCUT2D eigenvalue weighted by Gasteiger charge is -2.27. The van der Waals surface area contributed by atoms with Gasteiger partial charge in [-0.05, 0) is 25.1 Å². The quantitative estimate of drug-likeness (QED) is 0.174. The molecule has 0 spiro atoms. The highest BCUT2D eigenvalue weighted by atomic mass is 31.2. The Balaban J connectivity index is 1.88. The fraction of sp³-hybridized carbons (Fsp3) is 0.0667. The van der Waals surface area contributed by atoms with Crippen molar-refractivity contribution < 1.29 is 9.53 Å². The average molecular weight is 492 g/mol. The lowest BCUT2D eigenvalue weighted by atomic mass is 10.3. The summed E-state index contributed by atoms with van der Waals surface area (Å²) in [7, 11) is -2.64. The molecule has 0 saturated carbocycles. The zero-order valence-electron chi connectivity index (χ0n) is 19.9. The molecule has 5 aromatic rings. The summed E-state index contributed by atoms with van der Waals surface area (Å²) in [5.41, 5.74) is 1.86. The second kappa shape index (κ2) is 10.6. The van der Waals surface area contributed by atoms with Gasteiger partial charge in [-0.2, -0.15) is 0 Å². The van der Waals surface area contributed by atoms with Gasteiger partial charge in [0.2, 0.25) is 0 Å². The second-order valence-corrected chi connectivity index (χ2v) is 11.1. The van der Waals surface area contributed by atoms with E-state index in [9.17, 15) is 4.79 Å². The van der Waals surface area contributed by atoms with E-state index in [2.05, 4.69) is 41.4 Å². The standard InChI is InChI=1S/C30H26N3O2P/c1-2-35-30(34)28(23-24-13-12-20-29-31-21-22-33(24)29)32-36(25-14-6-3-7-15-25,26-16-8-4-9-17-26)27-18-10-5-11-19-27/h3-23H,2H2,1H3/b28-23+. The van der Waals surface area contributed by atoms with Crippen molar-refractivity contribution >= 4 is 40.7 Å². The number of nitrogens with zero attached hydrogens (tertiary/aromatic N) is 3. The van der Waals surface area contributed by atoms with Crippen molar-refractivity contribution in [3.63, 3.8) is 0 Å². The van der Waals surface area contributed by atoms with Gasteiger partial charge in [-0.1, -0.05) is 97.1 Å². The number of hydrogen-bond donors (Lipinski definition) is 0. The Kier molecular flexibility index (Phi) is 6.92. The molecule has 0 radical (unpaired) electrons. The number of ether oxygens (including phenoxy) is 1. The van der Waals surface area contributed by atoms with Crippen molar-refractivity contribution in [3.05, 3.63) is 133 Å². The molecule has 6 heteroatoms. The Bertz CT molecular complexity index is 1460. The number of imidazole rings is 1. The van der Waals surface area contributed by atoms with Crippen molar-refractivity contribution in [2.45, 2.75) is 6.92 Å². The first-order valence-electron chi connectivity index (χ1n) is 11.8. The molecule has 0 aliphatic carbocycles. The SMILES string of the molecule is CCOC(=O)/C(=C\c1cccc2nccn12)N=P(c1ccccc1)(c1ccccc1)c1ccccc1. The van der Waals surface area contributed by atoms with E-state index in [0.717, 1.165) is 27.3 Å². The number of fused-ring (bicyclic) bond motifs is 1. The molecular weight excluding hydrogens is 465 g/mol. The number of aromatic nitrogens is 2. The highest BCUT2D eigenvalue weighted by Gasteiger charge is 2.29. The summed E-state index contributed by atoms with van der Waals surface area (Å²) in [4.78, 5) is 17.8. The molecule has 2 heterocycles. The zero-order chi connectivity index (χ0) is 24.8. The number of pyridine rings is 1. The Morgan fingerprint density at radius 1 is 0.833 bits per heavy atom. The van der Waals surface area contributed by atoms with E-state index >= 15 is 0 Å². The van der Waals surface area contributed by atoms with Crippen LogP contribution in [0.15, 0.2) is 132 Å². The molecule has 36 heavy (non-hydrogen) atoms. The van der Waals surface area contributed by atoms with Gasteiger partial charge in [-0.3, -0.25) is 0 Å². The van der Waals surface area contributed by atoms with Crippen LogP contribution in [-0.2, 0) is 9.53 Å². The third-order valence-electron chi connectivity index (χ3n) is 5.88. The van der Waals surface area contributed by atoms with Gasteiger partial charge < -0.3 is 9.14 Å². The smallest absolute Gasteiger partial charge is 0.356 e. The van der Waals surface area contributed by atoms with Crippen LogP contribution >= 0.6 is 7.05 Å². The monoisotopic (exact) mass is 491 g/mol. The molecule has 5 nitrogen and oxygen atoms in total. The molecule has 0 unspecified atom stereocenters. The maximum absolute atomic E-state index is 13.4. The van der Waals surface area contributed by atoms with Crippen LogP contribution in [0.5, 0.6) is 0 Å². The molecule has 0 bridgehead atoms. The van der Waals surface area contributed by atoms with Crippen LogP contribution in [0.2, 0.25) is 0 Å². The third kappa shape index (κ3) is 4.53. The topological polar surface area (TPSA) is 56.0 Å². The summed E-state index contributed by atoms with van der Waals surface area (Å²) in [6.45, 7) is 2.06. The van der Waals surface area contributed by atoms with Crippen molar-refractivity contribution in [2.24, 2.45) is 4.74 Å². The van der Waals surface area contributed by atoms with Gasteiger partial charge in [0.15, 0.2) is 0 Å². The minimum absolute atomic E-state index is 0.258. The third-order valence-corrected chi connectivity index (χ3v) is 9.53. The van der Waals surface area contributed by atoms with E-state index in [-0.39, 0.29) is 12.3 Å². The van der Waals surface area contributed by atoms with Gasteiger partial charge >= 0.3 is 5.97 Å². The summed E-state index contributed by atoms with van der Waals surface area (Å²) >= 11 is 0. The lowest BCUT2D eigenvalue weighted by Crippen LogP contribution is -2.26. The highest BCUT2D eigenvalue weighted by molar-refractivity contribution is 7.87. The molecule has 0 fully saturated rings. The summed E-state index contributed by atoms with van der Waals surface area (Å²) in [6.07, 6.45) is 5.41. The number of benzene rings is 3. The lowest BCUT2D eigenvalue weighted by molar-refractivity contribution is -0.138. The Labute approximate surface area is 210 Å². The molecule has 3 aromatic carbocycles. The van der Waals surface area contributed by atoms with Crippen LogP contribution in [0.1, 0.15) is 12.6 Å². The van der Waals surface area contributed by atoms with Gasteiger partial charge in [-0.25, -0.2) is 14.5 Å². The fourth-order valence-electron chi connectivity index (χ4n) is 4.27. The molecule has 0 N–H and O–H groups in total. The van der Waals surface area contributed by atoms with Gasteiger partial charge in [0.05, 0.1) is 13.7 Å². The first kappa shape index (κ1) is 23.5. The molecule has 5 rings (SSSR count). The summed E-state index contributed by atoms with van der Waals surface area (Å²) in [5, 5.41) is 3.16. The minimum Gasteiger partial charge on any atom is -0.461 e. The molecule has 0 amide bonds. The van der Waals surface area contributed by atoms with Crippen molar-refractivity contribution in [3.8, 4) is 0 Å². The summed E-state index contributed by atoms with van der Waals surface area (Å²) < 4.78 is 12.8. The Morgan fingerprint density at radius 2 is 1.39 bits per heavy atom. The van der Waals surface area contributed by atoms with Crippen LogP contribution in [0.4, 0.5) is 0 Å². The number of rotatable bonds is 7. The molecule has 0 aliphatic heterocycles. The van der Waals surface area contributed by atoms with E-state index in [1.54, 1.807) is 19.2 Å². The number of hydrogen-bond acceptors (Lipinski definition) is 4. The first-order valence-corrected chi connectivity index (χ1v) is 13.6. The number of carbonyl (C=O) groups is 1. The number of esters is 1. The van der Waals surface area contributed by atoms with Crippen LogP contribution in [0.25, 0.3) is 11.7 Å². The van der Waals surface area contributed by atoms with Crippen LogP contribution < -0.4 is 15.9 Å². The normalized spacial score (nSPS) is 11.9. The predicted octanol–water partition coefficient (Wildman–Crippen LogP) is 5.42. The summed E-state index contributed by atoms with van der Waals surface area (Å²) in [5.74, 6) is -0.457. The second-order valence-electron chi connectivity index (χ2n) is 8.10. The van der Waals surface area contributed by atoms with Crippen LogP contribution in [0.3, 0.4) is 0 Å². The molecule has 2 aromatic heterocycles. The summed E-state index contributed by atoms with van der Waals surface area (Å²) in [6, 6.07) is 36.5. The highest BCUT2D eigenvalue weighted by Crippen LogP contribution is 2.48. The van der Waals surface area contributed by atoms with Crippen molar-refractivity contribution in [1.29, 1.82) is 0 Å². The molecule has 0 saturated heterocycles. The molecule has 178 valence electrons. The maximum Gasteiger partial charge on any atom is 0.356 e. The zero-order valence-corrected chi connectivity index (χ0v) is 20.8. The molecule has 0 atom stereocenters. The minimum atomic E-state index is -2.64. The van der Waals surface area contributed by atoms with E-state index < -0.39 is 13.0 Å². The van der Waals surface area contributed by atoms with Gasteiger partial charge in [0.1, 0.15) is 11.3 Å². The van der Waals surface area contributed by atoms with Crippen molar-refractivity contribution in [2.75, 3.05) is 6.61 Å². The average Bonchev–Trinajstić information content (AvgIpc) is 3.43. The first-order chi connectivity index (χ1) is 17.7. The largest absolute Gasteiger partial charge is 0.461 e. The van der Waals surface area contributed by atoms with Gasteiger partial charge in [-0.15, -0.1) is 0 Å². The van der Waals surface area contributed by atoms with Crippen LogP contribution in [-0.4, -0.2) is 22.0 Å². The van der Waals surface area contributed by atoms with Gasteiger partial charge in [0, 0.05) is 34.0 Å². The van der Waals surface area contributed by atoms with Crippen LogP contribution in [0, 0.1) is 0 Å². The van der Waals surface area contributed by atoms with E-state index in [1.807, 2.05) is 83.4 Å². The molecular formula is C30H26N3O2P. The van der Waals surface area contributed by atoms with E-state index in [0.29, 0.717) is 0 Å². The van der Waals surface area contributed by atoms with Gasteiger partial charge in [0.25, 0.3) is 0 Å². The predicted molar refractivity (Wildman–Crippen MR) is 147 cm³/mol. The molecule has 0 aliphatic rings. The Hall–Kier alpha value is -4.21. The van der Waals surface area contributed by atoms with E-state index in [1.165, 1.54) is 0 Å². The van der Waals surface area contributed by atoms with E-state index in [4.69, 9.17) is 9.48 Å². The van der Waals surface area contributed by atoms with Crippen molar-refractivity contribution in [1.82, 2.24) is 9.38 Å². The Morgan fingerprint density at radius 3 is 1.92 bits per heavy atom. The number of carbonyl (C=O) groups excluding carboxylic acids is 1.